The Morgan fingerprint density at radius 1 is 1.36 bits per heavy atom. The van der Waals surface area contributed by atoms with E-state index in [2.05, 4.69) is 25.7 Å². The maximum absolute atomic E-state index is 5.84. The quantitative estimate of drug-likeness (QED) is 0.639. The predicted octanol–water partition coefficient (Wildman–Crippen LogP) is 3.37. The zero-order valence-electron chi connectivity index (χ0n) is 9.85. The lowest BCUT2D eigenvalue weighted by Gasteiger charge is -2.27. The number of alkyl halides is 1. The van der Waals surface area contributed by atoms with Crippen LogP contribution in [0.4, 0.5) is 0 Å². The minimum absolute atomic E-state index is 0.617. The van der Waals surface area contributed by atoms with E-state index in [4.69, 9.17) is 11.6 Å². The molecule has 0 aromatic heterocycles. The van der Waals surface area contributed by atoms with E-state index in [0.29, 0.717) is 11.3 Å². The Kier molecular flexibility index (Phi) is 4.72. The van der Waals surface area contributed by atoms with Gasteiger partial charge in [-0.3, -0.25) is 0 Å². The van der Waals surface area contributed by atoms with Crippen molar-refractivity contribution in [2.75, 3.05) is 25.5 Å². The molecule has 0 saturated carbocycles. The van der Waals surface area contributed by atoms with Crippen LogP contribution in [0.25, 0.3) is 0 Å². The number of halogens is 1. The maximum Gasteiger partial charge on any atom is 0.0261 e. The van der Waals surface area contributed by atoms with E-state index in [1.54, 1.807) is 0 Å². The summed E-state index contributed by atoms with van der Waals surface area (Å²) in [5, 5.41) is 0. The molecule has 0 bridgehead atoms. The molecule has 84 valence electrons. The molecule has 1 aliphatic heterocycles. The maximum atomic E-state index is 5.84. The highest BCUT2D eigenvalue weighted by molar-refractivity contribution is 6.18. The summed E-state index contributed by atoms with van der Waals surface area (Å²) in [6.07, 6.45) is 4.04. The van der Waals surface area contributed by atoms with Crippen LogP contribution in [0.3, 0.4) is 0 Å². The minimum atomic E-state index is 0.617. The Hall–Kier alpha value is 0.250. The second kappa shape index (κ2) is 5.37. The largest absolute Gasteiger partial charge is 0.302 e. The van der Waals surface area contributed by atoms with Crippen LogP contribution in [0.5, 0.6) is 0 Å². The Balaban J connectivity index is 2.40. The molecule has 0 N–H and O–H groups in total. The summed E-state index contributed by atoms with van der Waals surface area (Å²) in [7, 11) is 0. The molecule has 0 radical (unpaired) electrons. The van der Waals surface area contributed by atoms with Crippen LogP contribution in [0.2, 0.25) is 0 Å². The van der Waals surface area contributed by atoms with Crippen LogP contribution in [0.15, 0.2) is 0 Å². The fourth-order valence-corrected chi connectivity index (χ4v) is 2.60. The topological polar surface area (TPSA) is 3.24 Å². The first-order valence-electron chi connectivity index (χ1n) is 5.94. The lowest BCUT2D eigenvalue weighted by atomic mass is 9.82. The third kappa shape index (κ3) is 2.87. The van der Waals surface area contributed by atoms with Gasteiger partial charge in [0.05, 0.1) is 0 Å². The van der Waals surface area contributed by atoms with Crippen molar-refractivity contribution >= 4 is 11.6 Å². The minimum Gasteiger partial charge on any atom is -0.302 e. The zero-order chi connectivity index (χ0) is 10.6. The van der Waals surface area contributed by atoms with Crippen LogP contribution in [0, 0.1) is 11.3 Å². The highest BCUT2D eigenvalue weighted by Gasteiger charge is 2.34. The molecule has 1 atom stereocenters. The van der Waals surface area contributed by atoms with E-state index >= 15 is 0 Å². The fraction of sp³-hybridized carbons (Fsp3) is 1.00. The highest BCUT2D eigenvalue weighted by atomic mass is 35.5. The molecule has 1 rings (SSSR count). The summed E-state index contributed by atoms with van der Waals surface area (Å²) in [6, 6.07) is 0. The Bertz CT molecular complexity index is 166. The van der Waals surface area contributed by atoms with Gasteiger partial charge in [0, 0.05) is 19.0 Å². The molecule has 1 fully saturated rings. The van der Waals surface area contributed by atoms with Gasteiger partial charge < -0.3 is 4.90 Å². The number of nitrogens with zero attached hydrogens (tertiary/aromatic N) is 1. The van der Waals surface area contributed by atoms with Gasteiger partial charge >= 0.3 is 0 Å². The van der Waals surface area contributed by atoms with Gasteiger partial charge in [-0.15, -0.1) is 11.6 Å². The van der Waals surface area contributed by atoms with Crippen molar-refractivity contribution in [2.45, 2.75) is 40.0 Å². The van der Waals surface area contributed by atoms with E-state index in [9.17, 15) is 0 Å². The third-order valence-electron chi connectivity index (χ3n) is 3.85. The van der Waals surface area contributed by atoms with E-state index in [0.717, 1.165) is 5.88 Å². The van der Waals surface area contributed by atoms with Crippen molar-refractivity contribution in [3.8, 4) is 0 Å². The van der Waals surface area contributed by atoms with Gasteiger partial charge in [-0.1, -0.05) is 20.8 Å². The molecule has 0 aliphatic carbocycles. The summed E-state index contributed by atoms with van der Waals surface area (Å²) in [5.41, 5.74) is 0.617. The fourth-order valence-electron chi connectivity index (χ4n) is 2.50. The average Bonchev–Trinajstić information content (AvgIpc) is 2.62. The van der Waals surface area contributed by atoms with E-state index < -0.39 is 0 Å². The number of likely N-dealkylation sites (tertiary alicyclic amines) is 1. The Morgan fingerprint density at radius 2 is 2.00 bits per heavy atom. The Labute approximate surface area is 93.8 Å². The van der Waals surface area contributed by atoms with Crippen LogP contribution in [0.1, 0.15) is 40.0 Å². The monoisotopic (exact) mass is 217 g/mol. The summed E-state index contributed by atoms with van der Waals surface area (Å²) in [4.78, 5) is 2.60. The van der Waals surface area contributed by atoms with Gasteiger partial charge in [0.15, 0.2) is 0 Å². The molecule has 0 aromatic rings. The Morgan fingerprint density at radius 3 is 2.43 bits per heavy atom. The van der Waals surface area contributed by atoms with Crippen molar-refractivity contribution in [1.82, 2.24) is 4.90 Å². The molecular formula is C12H24ClN. The van der Waals surface area contributed by atoms with Gasteiger partial charge in [-0.25, -0.2) is 0 Å². The molecule has 14 heavy (non-hydrogen) atoms. The average molecular weight is 218 g/mol. The first-order valence-corrected chi connectivity index (χ1v) is 6.47. The zero-order valence-corrected chi connectivity index (χ0v) is 10.6. The molecule has 0 aromatic carbocycles. The van der Waals surface area contributed by atoms with Gasteiger partial charge in [-0.05, 0) is 37.1 Å². The van der Waals surface area contributed by atoms with Crippen LogP contribution in [-0.4, -0.2) is 30.4 Å². The smallest absolute Gasteiger partial charge is 0.0261 e. The van der Waals surface area contributed by atoms with Crippen molar-refractivity contribution in [3.05, 3.63) is 0 Å². The van der Waals surface area contributed by atoms with Gasteiger partial charge in [0.1, 0.15) is 0 Å². The van der Waals surface area contributed by atoms with E-state index in [1.165, 1.54) is 38.9 Å². The number of hydrogen-bond acceptors (Lipinski definition) is 1. The van der Waals surface area contributed by atoms with Gasteiger partial charge in [0.2, 0.25) is 0 Å². The molecule has 1 unspecified atom stereocenters. The van der Waals surface area contributed by atoms with Crippen LogP contribution in [-0.2, 0) is 0 Å². The molecule has 1 heterocycles. The molecular weight excluding hydrogens is 194 g/mol. The third-order valence-corrected chi connectivity index (χ3v) is 4.38. The summed E-state index contributed by atoms with van der Waals surface area (Å²) in [5.74, 6) is 1.43. The van der Waals surface area contributed by atoms with Crippen LogP contribution < -0.4 is 0 Å². The molecule has 2 heteroatoms. The van der Waals surface area contributed by atoms with Crippen LogP contribution >= 0.6 is 11.6 Å². The lowest BCUT2D eigenvalue weighted by Crippen LogP contribution is -2.30. The highest BCUT2D eigenvalue weighted by Crippen LogP contribution is 2.37. The standard InChI is InChI=1S/C12H24ClN/c1-4-12(5-2)6-7-14(10-12)9-11(3)8-13/h11H,4-10H2,1-3H3. The van der Waals surface area contributed by atoms with Crippen molar-refractivity contribution in [1.29, 1.82) is 0 Å². The summed E-state index contributed by atoms with van der Waals surface area (Å²) >= 11 is 5.84. The molecule has 0 amide bonds. The summed E-state index contributed by atoms with van der Waals surface area (Å²) in [6.45, 7) is 10.7. The molecule has 1 saturated heterocycles. The van der Waals surface area contributed by atoms with Crippen molar-refractivity contribution < 1.29 is 0 Å². The van der Waals surface area contributed by atoms with Crippen molar-refractivity contribution in [2.24, 2.45) is 11.3 Å². The first kappa shape index (κ1) is 12.3. The number of rotatable bonds is 5. The van der Waals surface area contributed by atoms with Gasteiger partial charge in [0.25, 0.3) is 0 Å². The van der Waals surface area contributed by atoms with E-state index in [1.807, 2.05) is 0 Å². The molecule has 0 spiro atoms. The van der Waals surface area contributed by atoms with Crippen molar-refractivity contribution in [3.63, 3.8) is 0 Å². The summed E-state index contributed by atoms with van der Waals surface area (Å²) < 4.78 is 0. The normalized spacial score (nSPS) is 24.0. The second-order valence-corrected chi connectivity index (χ2v) is 5.26. The number of hydrogen-bond donors (Lipinski definition) is 0. The lowest BCUT2D eigenvalue weighted by molar-refractivity contribution is 0.227. The van der Waals surface area contributed by atoms with E-state index in [-0.39, 0.29) is 0 Å². The predicted molar refractivity (Wildman–Crippen MR) is 64.0 cm³/mol. The first-order chi connectivity index (χ1) is 6.65. The molecule has 1 aliphatic rings. The van der Waals surface area contributed by atoms with Gasteiger partial charge in [-0.2, -0.15) is 0 Å². The second-order valence-electron chi connectivity index (χ2n) is 4.95. The SMILES string of the molecule is CCC1(CC)CCN(CC(C)CCl)C1. The molecule has 1 nitrogen and oxygen atoms in total.